The average molecular weight is 342 g/mol. The molecule has 3 aromatic rings. The summed E-state index contributed by atoms with van der Waals surface area (Å²) in [6.07, 6.45) is 1.43. The molecule has 1 heterocycles. The Morgan fingerprint density at radius 3 is 2.17 bits per heavy atom. The molecule has 2 aromatic carbocycles. The Labute approximate surface area is 141 Å². The minimum Gasteiger partial charge on any atom is -0.378 e. The highest BCUT2D eigenvalue weighted by Crippen LogP contribution is 2.22. The van der Waals surface area contributed by atoms with E-state index < -0.39 is 10.0 Å². The number of rotatable bonds is 4. The fourth-order valence-electron chi connectivity index (χ4n) is 2.25. The first-order chi connectivity index (χ1) is 11.4. The van der Waals surface area contributed by atoms with Gasteiger partial charge in [-0.1, -0.05) is 35.0 Å². The summed E-state index contributed by atoms with van der Waals surface area (Å²) >= 11 is 0. The monoisotopic (exact) mass is 342 g/mol. The van der Waals surface area contributed by atoms with Crippen LogP contribution in [0.25, 0.3) is 11.3 Å². The van der Waals surface area contributed by atoms with Crippen molar-refractivity contribution in [2.24, 2.45) is 0 Å². The Bertz CT molecular complexity index is 943. The van der Waals surface area contributed by atoms with Crippen LogP contribution < -0.4 is 4.90 Å². The SMILES string of the molecule is Cc1ccc(S(=O)(=O)n2cc(-c3ccc(N(C)C)cc3)nn2)cc1. The van der Waals surface area contributed by atoms with Crippen LogP contribution in [0.15, 0.2) is 59.6 Å². The van der Waals surface area contributed by atoms with Gasteiger partial charge in [-0.3, -0.25) is 0 Å². The fourth-order valence-corrected chi connectivity index (χ4v) is 3.31. The van der Waals surface area contributed by atoms with Gasteiger partial charge in [0.15, 0.2) is 0 Å². The van der Waals surface area contributed by atoms with E-state index in [1.807, 2.05) is 50.2 Å². The van der Waals surface area contributed by atoms with Gasteiger partial charge in [-0.25, -0.2) is 0 Å². The maximum Gasteiger partial charge on any atom is 0.284 e. The smallest absolute Gasteiger partial charge is 0.284 e. The molecule has 6 nitrogen and oxygen atoms in total. The van der Waals surface area contributed by atoms with Crippen LogP contribution in [0.1, 0.15) is 5.56 Å². The highest BCUT2D eigenvalue weighted by molar-refractivity contribution is 7.89. The molecule has 0 aliphatic rings. The molecule has 0 bridgehead atoms. The summed E-state index contributed by atoms with van der Waals surface area (Å²) in [6.45, 7) is 1.90. The second-order valence-electron chi connectivity index (χ2n) is 5.74. The Morgan fingerprint density at radius 1 is 0.958 bits per heavy atom. The molecule has 3 rings (SSSR count). The van der Waals surface area contributed by atoms with E-state index in [9.17, 15) is 8.42 Å². The summed E-state index contributed by atoms with van der Waals surface area (Å²) in [6, 6.07) is 14.3. The third kappa shape index (κ3) is 3.03. The lowest BCUT2D eigenvalue weighted by atomic mass is 10.1. The molecule has 0 spiro atoms. The van der Waals surface area contributed by atoms with Gasteiger partial charge in [0.25, 0.3) is 10.0 Å². The van der Waals surface area contributed by atoms with Crippen molar-refractivity contribution in [1.29, 1.82) is 0 Å². The van der Waals surface area contributed by atoms with Crippen LogP contribution in [0.4, 0.5) is 5.69 Å². The van der Waals surface area contributed by atoms with Gasteiger partial charge < -0.3 is 4.90 Å². The summed E-state index contributed by atoms with van der Waals surface area (Å²) in [5.41, 5.74) is 3.37. The predicted octanol–water partition coefficient (Wildman–Crippen LogP) is 2.56. The minimum absolute atomic E-state index is 0.188. The predicted molar refractivity (Wildman–Crippen MR) is 93.5 cm³/mol. The zero-order valence-electron chi connectivity index (χ0n) is 13.7. The lowest BCUT2D eigenvalue weighted by molar-refractivity contribution is 0.577. The molecule has 0 atom stereocenters. The van der Waals surface area contributed by atoms with E-state index in [1.165, 1.54) is 6.20 Å². The molecule has 0 saturated carbocycles. The second kappa shape index (κ2) is 6.09. The maximum atomic E-state index is 12.6. The second-order valence-corrected chi connectivity index (χ2v) is 7.53. The van der Waals surface area contributed by atoms with Crippen molar-refractivity contribution >= 4 is 15.7 Å². The summed E-state index contributed by atoms with van der Waals surface area (Å²) in [5.74, 6) is 0. The third-order valence-electron chi connectivity index (χ3n) is 3.72. The highest BCUT2D eigenvalue weighted by atomic mass is 32.2. The van der Waals surface area contributed by atoms with Crippen molar-refractivity contribution in [2.75, 3.05) is 19.0 Å². The van der Waals surface area contributed by atoms with Crippen molar-refractivity contribution in [1.82, 2.24) is 14.4 Å². The summed E-state index contributed by atoms with van der Waals surface area (Å²) < 4.78 is 26.1. The molecule has 0 radical (unpaired) electrons. The maximum absolute atomic E-state index is 12.6. The molecule has 0 aliphatic heterocycles. The number of aryl methyl sites for hydroxylation is 1. The number of hydrogen-bond acceptors (Lipinski definition) is 5. The highest BCUT2D eigenvalue weighted by Gasteiger charge is 2.19. The van der Waals surface area contributed by atoms with E-state index in [0.29, 0.717) is 5.69 Å². The first-order valence-corrected chi connectivity index (χ1v) is 8.84. The zero-order valence-corrected chi connectivity index (χ0v) is 14.5. The van der Waals surface area contributed by atoms with E-state index in [1.54, 1.807) is 24.3 Å². The number of anilines is 1. The lowest BCUT2D eigenvalue weighted by Crippen LogP contribution is -2.13. The van der Waals surface area contributed by atoms with E-state index >= 15 is 0 Å². The summed E-state index contributed by atoms with van der Waals surface area (Å²) in [7, 11) is 0.186. The van der Waals surface area contributed by atoms with Crippen molar-refractivity contribution < 1.29 is 8.42 Å². The quantitative estimate of drug-likeness (QED) is 0.729. The molecule has 0 amide bonds. The number of aromatic nitrogens is 3. The van der Waals surface area contributed by atoms with Gasteiger partial charge in [0.2, 0.25) is 0 Å². The van der Waals surface area contributed by atoms with Gasteiger partial charge >= 0.3 is 0 Å². The van der Waals surface area contributed by atoms with Gasteiger partial charge in [0.05, 0.1) is 11.1 Å². The van der Waals surface area contributed by atoms with Crippen molar-refractivity contribution in [3.8, 4) is 11.3 Å². The van der Waals surface area contributed by atoms with Gasteiger partial charge in [-0.15, -0.1) is 9.19 Å². The molecular formula is C17H18N4O2S. The molecule has 0 fully saturated rings. The lowest BCUT2D eigenvalue weighted by Gasteiger charge is -2.11. The molecule has 0 aliphatic carbocycles. The standard InChI is InChI=1S/C17H18N4O2S/c1-13-4-10-16(11-5-13)24(22,23)21-12-17(18-19-21)14-6-8-15(9-7-14)20(2)3/h4-12H,1-3H3. The topological polar surface area (TPSA) is 68.1 Å². The number of benzene rings is 2. The normalized spacial score (nSPS) is 11.5. The third-order valence-corrected chi connectivity index (χ3v) is 5.26. The first kappa shape index (κ1) is 16.2. The summed E-state index contributed by atoms with van der Waals surface area (Å²) in [4.78, 5) is 2.18. The Morgan fingerprint density at radius 2 is 1.58 bits per heavy atom. The molecule has 1 aromatic heterocycles. The molecule has 0 saturated heterocycles. The Balaban J connectivity index is 1.93. The molecule has 124 valence electrons. The van der Waals surface area contributed by atoms with Gasteiger partial charge in [-0.05, 0) is 31.2 Å². The molecule has 0 N–H and O–H groups in total. The van der Waals surface area contributed by atoms with Crippen molar-refractivity contribution in [3.05, 3.63) is 60.3 Å². The number of hydrogen-bond donors (Lipinski definition) is 0. The number of nitrogens with zero attached hydrogens (tertiary/aromatic N) is 4. The van der Waals surface area contributed by atoms with Crippen LogP contribution >= 0.6 is 0 Å². The van der Waals surface area contributed by atoms with Gasteiger partial charge in [0.1, 0.15) is 5.69 Å². The molecule has 24 heavy (non-hydrogen) atoms. The average Bonchev–Trinajstić information content (AvgIpc) is 3.06. The van der Waals surface area contributed by atoms with Crippen LogP contribution in [0, 0.1) is 6.92 Å². The Kier molecular flexibility index (Phi) is 4.11. The van der Waals surface area contributed by atoms with E-state index in [4.69, 9.17) is 0 Å². The van der Waals surface area contributed by atoms with Gasteiger partial charge in [-0.2, -0.15) is 8.42 Å². The first-order valence-electron chi connectivity index (χ1n) is 7.40. The van der Waals surface area contributed by atoms with Crippen molar-refractivity contribution in [2.45, 2.75) is 11.8 Å². The van der Waals surface area contributed by atoms with Crippen LogP contribution in [0.5, 0.6) is 0 Å². The van der Waals surface area contributed by atoms with Gasteiger partial charge in [0, 0.05) is 25.3 Å². The van der Waals surface area contributed by atoms with Crippen LogP contribution in [0.3, 0.4) is 0 Å². The summed E-state index contributed by atoms with van der Waals surface area (Å²) in [5, 5.41) is 7.78. The largest absolute Gasteiger partial charge is 0.378 e. The zero-order chi connectivity index (χ0) is 17.3. The molecule has 0 unspecified atom stereocenters. The molecule has 7 heteroatoms. The van der Waals surface area contributed by atoms with E-state index in [-0.39, 0.29) is 4.90 Å². The Hall–Kier alpha value is -2.67. The minimum atomic E-state index is -3.73. The van der Waals surface area contributed by atoms with Crippen molar-refractivity contribution in [3.63, 3.8) is 0 Å². The van der Waals surface area contributed by atoms with Crippen LogP contribution in [0.2, 0.25) is 0 Å². The van der Waals surface area contributed by atoms with Crippen LogP contribution in [-0.2, 0) is 10.0 Å². The van der Waals surface area contributed by atoms with Crippen LogP contribution in [-0.4, -0.2) is 36.9 Å². The molecular weight excluding hydrogens is 324 g/mol. The van der Waals surface area contributed by atoms with E-state index in [0.717, 1.165) is 20.9 Å². The van der Waals surface area contributed by atoms with E-state index in [2.05, 4.69) is 10.3 Å². The fraction of sp³-hybridized carbons (Fsp3) is 0.176.